The standard InChI is InChI=1S/C28H24N2O6S/c1-19-11-14-24(15-12-19)37(33,34)36-26-18-22(30-28(32)29-21-8-6-7-20(2)17-21)13-16-25(26)27(31)35-23-9-4-3-5-10-23/h3-18H,1-2H3,(H2,29,30,32). The van der Waals surface area contributed by atoms with Crippen LogP contribution in [0.3, 0.4) is 0 Å². The number of hydrogen-bond donors (Lipinski definition) is 2. The summed E-state index contributed by atoms with van der Waals surface area (Å²) in [4.78, 5) is 25.4. The predicted octanol–water partition coefficient (Wildman–Crippen LogP) is 5.93. The van der Waals surface area contributed by atoms with E-state index in [4.69, 9.17) is 8.92 Å². The van der Waals surface area contributed by atoms with Crippen LogP contribution >= 0.6 is 0 Å². The van der Waals surface area contributed by atoms with Crippen molar-refractivity contribution >= 4 is 33.5 Å². The van der Waals surface area contributed by atoms with Crippen LogP contribution in [0.25, 0.3) is 0 Å². The highest BCUT2D eigenvalue weighted by Gasteiger charge is 2.23. The smallest absolute Gasteiger partial charge is 0.347 e. The number of carbonyl (C=O) groups excluding carboxylic acids is 2. The molecule has 0 saturated carbocycles. The molecule has 0 spiro atoms. The van der Waals surface area contributed by atoms with Crippen LogP contribution < -0.4 is 19.6 Å². The van der Waals surface area contributed by atoms with Gasteiger partial charge in [-0.05, 0) is 67.9 Å². The van der Waals surface area contributed by atoms with Crippen molar-refractivity contribution in [2.75, 3.05) is 10.6 Å². The second-order valence-electron chi connectivity index (χ2n) is 8.21. The summed E-state index contributed by atoms with van der Waals surface area (Å²) in [7, 11) is -4.29. The highest BCUT2D eigenvalue weighted by molar-refractivity contribution is 7.87. The molecule has 0 atom stereocenters. The monoisotopic (exact) mass is 516 g/mol. The molecule has 0 bridgehead atoms. The molecule has 0 saturated heterocycles. The average Bonchev–Trinajstić information content (AvgIpc) is 2.85. The molecule has 0 aromatic heterocycles. The van der Waals surface area contributed by atoms with Crippen molar-refractivity contribution in [3.63, 3.8) is 0 Å². The largest absolute Gasteiger partial charge is 0.423 e. The van der Waals surface area contributed by atoms with Gasteiger partial charge in [-0.3, -0.25) is 0 Å². The number of benzene rings is 4. The number of esters is 1. The molecule has 4 aromatic carbocycles. The number of anilines is 2. The van der Waals surface area contributed by atoms with Crippen molar-refractivity contribution in [3.8, 4) is 11.5 Å². The number of hydrogen-bond acceptors (Lipinski definition) is 6. The molecule has 4 aromatic rings. The molecule has 8 nitrogen and oxygen atoms in total. The van der Waals surface area contributed by atoms with E-state index in [9.17, 15) is 18.0 Å². The molecule has 0 aliphatic rings. The summed E-state index contributed by atoms with van der Waals surface area (Å²) in [6.45, 7) is 3.72. The highest BCUT2D eigenvalue weighted by atomic mass is 32.2. The van der Waals surface area contributed by atoms with Gasteiger partial charge < -0.3 is 19.6 Å². The molecule has 4 rings (SSSR count). The molecule has 0 unspecified atom stereocenters. The van der Waals surface area contributed by atoms with Gasteiger partial charge in [0.1, 0.15) is 16.2 Å². The molecule has 9 heteroatoms. The number of amides is 2. The Labute approximate surface area is 215 Å². The average molecular weight is 517 g/mol. The zero-order valence-corrected chi connectivity index (χ0v) is 20.9. The van der Waals surface area contributed by atoms with E-state index in [0.29, 0.717) is 5.69 Å². The van der Waals surface area contributed by atoms with E-state index >= 15 is 0 Å². The highest BCUT2D eigenvalue weighted by Crippen LogP contribution is 2.28. The Balaban J connectivity index is 1.62. The fourth-order valence-electron chi connectivity index (χ4n) is 3.38. The second kappa shape index (κ2) is 11.0. The summed E-state index contributed by atoms with van der Waals surface area (Å²) in [6, 6.07) is 25.1. The van der Waals surface area contributed by atoms with Crippen molar-refractivity contribution in [2.45, 2.75) is 18.7 Å². The maximum Gasteiger partial charge on any atom is 0.347 e. The summed E-state index contributed by atoms with van der Waals surface area (Å²) < 4.78 is 36.7. The minimum atomic E-state index is -4.29. The van der Waals surface area contributed by atoms with Gasteiger partial charge in [0.15, 0.2) is 5.75 Å². The van der Waals surface area contributed by atoms with Crippen molar-refractivity contribution in [2.24, 2.45) is 0 Å². The first-order valence-corrected chi connectivity index (χ1v) is 12.7. The third-order valence-electron chi connectivity index (χ3n) is 5.20. The van der Waals surface area contributed by atoms with Gasteiger partial charge in [-0.2, -0.15) is 8.42 Å². The number of rotatable bonds is 7. The van der Waals surface area contributed by atoms with E-state index in [2.05, 4.69) is 10.6 Å². The summed E-state index contributed by atoms with van der Waals surface area (Å²) in [6.07, 6.45) is 0. The lowest BCUT2D eigenvalue weighted by molar-refractivity contribution is 0.0733. The van der Waals surface area contributed by atoms with Crippen LogP contribution in [0.2, 0.25) is 0 Å². The van der Waals surface area contributed by atoms with Crippen molar-refractivity contribution in [1.29, 1.82) is 0 Å². The number of carbonyl (C=O) groups is 2. The molecule has 0 heterocycles. The minimum Gasteiger partial charge on any atom is -0.423 e. The zero-order valence-electron chi connectivity index (χ0n) is 20.1. The lowest BCUT2D eigenvalue weighted by atomic mass is 10.2. The Kier molecular flexibility index (Phi) is 7.55. The van der Waals surface area contributed by atoms with Crippen LogP contribution in [0.5, 0.6) is 11.5 Å². The first kappa shape index (κ1) is 25.5. The van der Waals surface area contributed by atoms with Crippen LogP contribution in [-0.4, -0.2) is 20.4 Å². The third kappa shape index (κ3) is 6.74. The SMILES string of the molecule is Cc1ccc(S(=O)(=O)Oc2cc(NC(=O)Nc3cccc(C)c3)ccc2C(=O)Oc2ccccc2)cc1. The Morgan fingerprint density at radius 2 is 1.38 bits per heavy atom. The van der Waals surface area contributed by atoms with E-state index < -0.39 is 22.1 Å². The van der Waals surface area contributed by atoms with Crippen LogP contribution in [0.4, 0.5) is 16.2 Å². The molecular weight excluding hydrogens is 492 g/mol. The summed E-state index contributed by atoms with van der Waals surface area (Å²) in [5.74, 6) is -0.842. The van der Waals surface area contributed by atoms with E-state index in [0.717, 1.165) is 11.1 Å². The van der Waals surface area contributed by atoms with Gasteiger partial charge in [0.05, 0.1) is 0 Å². The minimum absolute atomic E-state index is 0.0870. The maximum absolute atomic E-state index is 13.0. The number of ether oxygens (including phenoxy) is 1. The Morgan fingerprint density at radius 1 is 0.703 bits per heavy atom. The van der Waals surface area contributed by atoms with Crippen molar-refractivity contribution in [1.82, 2.24) is 0 Å². The fourth-order valence-corrected chi connectivity index (χ4v) is 4.32. The number of urea groups is 1. The maximum atomic E-state index is 13.0. The van der Waals surface area contributed by atoms with Gasteiger partial charge in [-0.25, -0.2) is 9.59 Å². The summed E-state index contributed by atoms with van der Waals surface area (Å²) in [5.41, 5.74) is 2.49. The zero-order chi connectivity index (χ0) is 26.4. The van der Waals surface area contributed by atoms with Crippen molar-refractivity contribution < 1.29 is 26.9 Å². The van der Waals surface area contributed by atoms with Gasteiger partial charge >= 0.3 is 22.1 Å². The van der Waals surface area contributed by atoms with Gasteiger partial charge in [0, 0.05) is 17.4 Å². The van der Waals surface area contributed by atoms with Gasteiger partial charge in [-0.15, -0.1) is 0 Å². The number of para-hydroxylation sites is 1. The van der Waals surface area contributed by atoms with Crippen LogP contribution in [-0.2, 0) is 10.1 Å². The predicted molar refractivity (Wildman–Crippen MR) is 141 cm³/mol. The van der Waals surface area contributed by atoms with Crippen LogP contribution in [0.1, 0.15) is 21.5 Å². The Morgan fingerprint density at radius 3 is 2.05 bits per heavy atom. The second-order valence-corrected chi connectivity index (χ2v) is 9.76. The third-order valence-corrected chi connectivity index (χ3v) is 6.45. The summed E-state index contributed by atoms with van der Waals surface area (Å²) in [5, 5.41) is 5.32. The molecule has 188 valence electrons. The van der Waals surface area contributed by atoms with Crippen LogP contribution in [0.15, 0.2) is 102 Å². The molecule has 2 amide bonds. The first-order chi connectivity index (χ1) is 17.7. The Hall–Kier alpha value is -4.63. The molecule has 37 heavy (non-hydrogen) atoms. The first-order valence-electron chi connectivity index (χ1n) is 11.3. The summed E-state index contributed by atoms with van der Waals surface area (Å²) >= 11 is 0. The quantitative estimate of drug-likeness (QED) is 0.179. The topological polar surface area (TPSA) is 111 Å². The molecule has 0 aliphatic carbocycles. The fraction of sp³-hybridized carbons (Fsp3) is 0.0714. The van der Waals surface area contributed by atoms with Crippen molar-refractivity contribution in [3.05, 3.63) is 114 Å². The van der Waals surface area contributed by atoms with E-state index in [1.54, 1.807) is 60.7 Å². The molecule has 2 N–H and O–H groups in total. The van der Waals surface area contributed by atoms with Gasteiger partial charge in [0.25, 0.3) is 0 Å². The number of aryl methyl sites for hydroxylation is 2. The van der Waals surface area contributed by atoms with E-state index in [1.807, 2.05) is 19.9 Å². The van der Waals surface area contributed by atoms with E-state index in [-0.39, 0.29) is 27.6 Å². The lowest BCUT2D eigenvalue weighted by Gasteiger charge is -2.14. The molecule has 0 fully saturated rings. The normalized spacial score (nSPS) is 10.9. The van der Waals surface area contributed by atoms with Gasteiger partial charge in [-0.1, -0.05) is 48.0 Å². The van der Waals surface area contributed by atoms with Crippen LogP contribution in [0, 0.1) is 13.8 Å². The van der Waals surface area contributed by atoms with E-state index in [1.165, 1.54) is 30.3 Å². The lowest BCUT2D eigenvalue weighted by Crippen LogP contribution is -2.20. The molecule has 0 aliphatic heterocycles. The molecule has 0 radical (unpaired) electrons. The Bertz CT molecular complexity index is 1530. The molecular formula is C28H24N2O6S. The number of nitrogens with one attached hydrogen (secondary N) is 2. The van der Waals surface area contributed by atoms with Gasteiger partial charge in [0.2, 0.25) is 0 Å².